The van der Waals surface area contributed by atoms with Crippen molar-refractivity contribution in [2.45, 2.75) is 11.3 Å². The molecule has 0 radical (unpaired) electrons. The lowest BCUT2D eigenvalue weighted by Crippen LogP contribution is -2.40. The van der Waals surface area contributed by atoms with E-state index >= 15 is 0 Å². The molecule has 2 aliphatic heterocycles. The maximum absolute atomic E-state index is 12.9. The molecule has 3 heterocycles. The van der Waals surface area contributed by atoms with Crippen LogP contribution >= 0.6 is 0 Å². The molecule has 2 saturated heterocycles. The van der Waals surface area contributed by atoms with E-state index in [9.17, 15) is 18.5 Å². The van der Waals surface area contributed by atoms with Crippen molar-refractivity contribution in [1.29, 1.82) is 0 Å². The maximum atomic E-state index is 12.9. The summed E-state index contributed by atoms with van der Waals surface area (Å²) in [7, 11) is -3.81. The zero-order valence-electron chi connectivity index (χ0n) is 17.0. The molecule has 12 heteroatoms. The van der Waals surface area contributed by atoms with Crippen LogP contribution in [0.25, 0.3) is 0 Å². The van der Waals surface area contributed by atoms with Crippen LogP contribution in [-0.4, -0.2) is 80.1 Å². The Morgan fingerprint density at radius 1 is 0.968 bits per heavy atom. The molecule has 1 aromatic carbocycles. The number of nitrogens with zero attached hydrogens (tertiary/aromatic N) is 6. The van der Waals surface area contributed by atoms with Crippen LogP contribution < -0.4 is 9.80 Å². The summed E-state index contributed by atoms with van der Waals surface area (Å²) in [6.45, 7) is 3.59. The lowest BCUT2D eigenvalue weighted by atomic mass is 10.2. The van der Waals surface area contributed by atoms with Crippen molar-refractivity contribution in [1.82, 2.24) is 14.3 Å². The predicted octanol–water partition coefficient (Wildman–Crippen LogP) is 1.12. The van der Waals surface area contributed by atoms with Crippen molar-refractivity contribution >= 4 is 27.3 Å². The number of ether oxygens (including phenoxy) is 1. The normalized spacial score (nSPS) is 18.6. The molecule has 0 atom stereocenters. The fourth-order valence-electron chi connectivity index (χ4n) is 3.83. The standard InChI is InChI=1S/C19H24N6O5S/c26-25(27)18-15-16(31(28,29)24-11-13-30-14-12-24)3-4-17(18)22-7-2-8-23(10-9-22)19-20-5-1-6-21-19/h1,3-6,15H,2,7-14H2. The number of anilines is 2. The number of benzene rings is 1. The minimum Gasteiger partial charge on any atom is -0.379 e. The van der Waals surface area contributed by atoms with Crippen molar-refractivity contribution < 1.29 is 18.1 Å². The Morgan fingerprint density at radius 3 is 2.35 bits per heavy atom. The predicted molar refractivity (Wildman–Crippen MR) is 114 cm³/mol. The Bertz CT molecular complexity index is 1030. The summed E-state index contributed by atoms with van der Waals surface area (Å²) in [6, 6.07) is 5.92. The molecule has 4 rings (SSSR count). The van der Waals surface area contributed by atoms with Crippen molar-refractivity contribution in [2.75, 3.05) is 62.3 Å². The number of rotatable bonds is 5. The van der Waals surface area contributed by atoms with Gasteiger partial charge in [-0.25, -0.2) is 18.4 Å². The van der Waals surface area contributed by atoms with E-state index in [4.69, 9.17) is 4.74 Å². The third kappa shape index (κ3) is 4.60. The van der Waals surface area contributed by atoms with Gasteiger partial charge in [0.2, 0.25) is 16.0 Å². The van der Waals surface area contributed by atoms with Crippen molar-refractivity contribution in [2.24, 2.45) is 0 Å². The molecule has 2 fully saturated rings. The Morgan fingerprint density at radius 2 is 1.65 bits per heavy atom. The SMILES string of the molecule is O=[N+]([O-])c1cc(S(=O)(=O)N2CCOCC2)ccc1N1CCCN(c2ncccn2)CC1. The highest BCUT2D eigenvalue weighted by Crippen LogP contribution is 2.32. The molecule has 2 aromatic rings. The molecule has 0 bridgehead atoms. The molecule has 0 N–H and O–H groups in total. The topological polar surface area (TPSA) is 122 Å². The molecule has 166 valence electrons. The quantitative estimate of drug-likeness (QED) is 0.489. The Kier molecular flexibility index (Phi) is 6.30. The summed E-state index contributed by atoms with van der Waals surface area (Å²) in [4.78, 5) is 23.7. The van der Waals surface area contributed by atoms with Gasteiger partial charge in [-0.3, -0.25) is 10.1 Å². The van der Waals surface area contributed by atoms with E-state index in [-0.39, 0.29) is 23.7 Å². The molecule has 0 spiro atoms. The third-order valence-electron chi connectivity index (χ3n) is 5.42. The van der Waals surface area contributed by atoms with Gasteiger partial charge in [-0.15, -0.1) is 0 Å². The highest BCUT2D eigenvalue weighted by molar-refractivity contribution is 7.89. The van der Waals surface area contributed by atoms with E-state index in [1.165, 1.54) is 16.4 Å². The van der Waals surface area contributed by atoms with Gasteiger partial charge in [-0.05, 0) is 24.6 Å². The van der Waals surface area contributed by atoms with Gasteiger partial charge in [0.1, 0.15) is 5.69 Å². The van der Waals surface area contributed by atoms with Gasteiger partial charge < -0.3 is 14.5 Å². The first-order valence-corrected chi connectivity index (χ1v) is 11.5. The number of nitro groups is 1. The van der Waals surface area contributed by atoms with Gasteiger partial charge in [-0.1, -0.05) is 0 Å². The van der Waals surface area contributed by atoms with Crippen LogP contribution in [0.15, 0.2) is 41.6 Å². The van der Waals surface area contributed by atoms with Gasteiger partial charge in [0, 0.05) is 57.7 Å². The Labute approximate surface area is 180 Å². The van der Waals surface area contributed by atoms with Gasteiger partial charge in [0.25, 0.3) is 5.69 Å². The van der Waals surface area contributed by atoms with E-state index < -0.39 is 14.9 Å². The average Bonchev–Trinajstić information content (AvgIpc) is 3.06. The fourth-order valence-corrected chi connectivity index (χ4v) is 5.25. The van der Waals surface area contributed by atoms with Crippen molar-refractivity contribution in [3.05, 3.63) is 46.8 Å². The molecular weight excluding hydrogens is 424 g/mol. The summed E-state index contributed by atoms with van der Waals surface area (Å²) >= 11 is 0. The molecule has 11 nitrogen and oxygen atoms in total. The minimum atomic E-state index is -3.81. The number of hydrogen-bond acceptors (Lipinski definition) is 9. The molecule has 0 amide bonds. The summed E-state index contributed by atoms with van der Waals surface area (Å²) in [5.41, 5.74) is 0.209. The third-order valence-corrected chi connectivity index (χ3v) is 7.32. The molecule has 31 heavy (non-hydrogen) atoms. The second kappa shape index (κ2) is 9.12. The van der Waals surface area contributed by atoms with Crippen LogP contribution in [0.3, 0.4) is 0 Å². The second-order valence-electron chi connectivity index (χ2n) is 7.30. The smallest absolute Gasteiger partial charge is 0.293 e. The molecule has 0 unspecified atom stereocenters. The van der Waals surface area contributed by atoms with Crippen LogP contribution in [0.5, 0.6) is 0 Å². The number of hydrogen-bond donors (Lipinski definition) is 0. The van der Waals surface area contributed by atoms with E-state index in [2.05, 4.69) is 9.97 Å². The highest BCUT2D eigenvalue weighted by atomic mass is 32.2. The lowest BCUT2D eigenvalue weighted by molar-refractivity contribution is -0.384. The lowest BCUT2D eigenvalue weighted by Gasteiger charge is -2.27. The number of morpholine rings is 1. The summed E-state index contributed by atoms with van der Waals surface area (Å²) in [6.07, 6.45) is 4.14. The Hall–Kier alpha value is -2.83. The van der Waals surface area contributed by atoms with Gasteiger partial charge in [0.15, 0.2) is 0 Å². The van der Waals surface area contributed by atoms with Crippen LogP contribution in [0.2, 0.25) is 0 Å². The number of aromatic nitrogens is 2. The maximum Gasteiger partial charge on any atom is 0.293 e. The van der Waals surface area contributed by atoms with Crippen LogP contribution in [0.4, 0.5) is 17.3 Å². The number of nitro benzene ring substituents is 1. The summed E-state index contributed by atoms with van der Waals surface area (Å²) in [5, 5.41) is 11.8. The molecule has 1 aromatic heterocycles. The van der Waals surface area contributed by atoms with Gasteiger partial charge >= 0.3 is 0 Å². The zero-order valence-corrected chi connectivity index (χ0v) is 17.8. The van der Waals surface area contributed by atoms with Gasteiger partial charge in [0.05, 0.1) is 23.0 Å². The van der Waals surface area contributed by atoms with Crippen LogP contribution in [0, 0.1) is 10.1 Å². The zero-order chi connectivity index (χ0) is 21.8. The minimum absolute atomic E-state index is 0.0704. The second-order valence-corrected chi connectivity index (χ2v) is 9.24. The highest BCUT2D eigenvalue weighted by Gasteiger charge is 2.30. The van der Waals surface area contributed by atoms with E-state index in [0.717, 1.165) is 13.0 Å². The molecular formula is C19H24N6O5S. The van der Waals surface area contributed by atoms with Crippen LogP contribution in [0.1, 0.15) is 6.42 Å². The van der Waals surface area contributed by atoms with E-state index in [1.54, 1.807) is 24.5 Å². The van der Waals surface area contributed by atoms with Gasteiger partial charge in [-0.2, -0.15) is 4.31 Å². The largest absolute Gasteiger partial charge is 0.379 e. The van der Waals surface area contributed by atoms with Crippen molar-refractivity contribution in [3.63, 3.8) is 0 Å². The Balaban J connectivity index is 1.58. The van der Waals surface area contributed by atoms with Crippen molar-refractivity contribution in [3.8, 4) is 0 Å². The first-order valence-electron chi connectivity index (χ1n) is 10.1. The fraction of sp³-hybridized carbons (Fsp3) is 0.474. The number of sulfonamides is 1. The summed E-state index contributed by atoms with van der Waals surface area (Å²) in [5.74, 6) is 0.630. The van der Waals surface area contributed by atoms with E-state index in [0.29, 0.717) is 44.5 Å². The molecule has 2 aliphatic rings. The summed E-state index contributed by atoms with van der Waals surface area (Å²) < 4.78 is 32.4. The first-order chi connectivity index (χ1) is 15.0. The molecule has 0 saturated carbocycles. The average molecular weight is 449 g/mol. The first kappa shape index (κ1) is 21.4. The molecule has 0 aliphatic carbocycles. The monoisotopic (exact) mass is 448 g/mol. The van der Waals surface area contributed by atoms with E-state index in [1.807, 2.05) is 9.80 Å². The van der Waals surface area contributed by atoms with Crippen LogP contribution in [-0.2, 0) is 14.8 Å².